The van der Waals surface area contributed by atoms with E-state index in [2.05, 4.69) is 16.9 Å². The summed E-state index contributed by atoms with van der Waals surface area (Å²) in [5, 5.41) is 2.00. The van der Waals surface area contributed by atoms with Crippen LogP contribution in [0.4, 0.5) is 0 Å². The van der Waals surface area contributed by atoms with Gasteiger partial charge in [0.15, 0.2) is 5.65 Å². The van der Waals surface area contributed by atoms with Gasteiger partial charge in [0.1, 0.15) is 34.0 Å². The Morgan fingerprint density at radius 3 is 2.55 bits per heavy atom. The van der Waals surface area contributed by atoms with Crippen molar-refractivity contribution in [2.24, 2.45) is 0 Å². The summed E-state index contributed by atoms with van der Waals surface area (Å²) in [4.78, 5) is 12.5. The van der Waals surface area contributed by atoms with E-state index in [4.69, 9.17) is 30.8 Å². The number of fused-ring (bicyclic) bond motifs is 1. The standard InChI is InChI=1S/C35H39ClN4O5S2/c1-34(21-25(36)7-10-30(34)24-5-8-26(9-6-24)45-27-12-18-39(2)19-13-27)47(41,42)40-20-14-29-28(11-17-37-32(29)40)31-22-38-33(46-31)35(15-4-16-35)44-23-43-3/h5-11,14,17,20-22,27,30H,4,12-13,15-16,18-19,23H2,1-3H3. The van der Waals surface area contributed by atoms with Crippen molar-refractivity contribution in [1.82, 2.24) is 18.8 Å². The summed E-state index contributed by atoms with van der Waals surface area (Å²) in [5.74, 6) is 0.289. The lowest BCUT2D eigenvalue weighted by Crippen LogP contribution is -2.43. The number of halogens is 1. The smallest absolute Gasteiger partial charge is 0.250 e. The number of likely N-dealkylation sites (tertiary alicyclic amines) is 1. The van der Waals surface area contributed by atoms with E-state index in [0.29, 0.717) is 10.7 Å². The van der Waals surface area contributed by atoms with Gasteiger partial charge in [0.2, 0.25) is 10.0 Å². The van der Waals surface area contributed by atoms with Crippen molar-refractivity contribution in [1.29, 1.82) is 0 Å². The maximum Gasteiger partial charge on any atom is 0.250 e. The van der Waals surface area contributed by atoms with E-state index in [1.807, 2.05) is 48.7 Å². The Kier molecular flexibility index (Phi) is 8.82. The lowest BCUT2D eigenvalue weighted by atomic mass is 9.80. The molecule has 47 heavy (non-hydrogen) atoms. The van der Waals surface area contributed by atoms with Crippen LogP contribution in [-0.4, -0.2) is 72.1 Å². The lowest BCUT2D eigenvalue weighted by molar-refractivity contribution is -0.171. The van der Waals surface area contributed by atoms with Crippen LogP contribution in [0.3, 0.4) is 0 Å². The number of hydrogen-bond donors (Lipinski definition) is 0. The molecule has 0 amide bonds. The minimum atomic E-state index is -4.08. The van der Waals surface area contributed by atoms with Gasteiger partial charge in [-0.05, 0) is 88.1 Å². The molecule has 12 heteroatoms. The normalized spacial score (nSPS) is 23.5. The second-order valence-electron chi connectivity index (χ2n) is 12.9. The van der Waals surface area contributed by atoms with Crippen molar-refractivity contribution >= 4 is 44.0 Å². The Morgan fingerprint density at radius 1 is 1.09 bits per heavy atom. The third kappa shape index (κ3) is 5.85. The van der Waals surface area contributed by atoms with E-state index in [1.165, 1.54) is 3.97 Å². The molecule has 7 rings (SSSR count). The first-order chi connectivity index (χ1) is 22.6. The average Bonchev–Trinajstić information content (AvgIpc) is 3.71. The number of nitrogens with zero attached hydrogens (tertiary/aromatic N) is 4. The second-order valence-corrected chi connectivity index (χ2v) is 16.6. The number of methoxy groups -OCH3 is 1. The summed E-state index contributed by atoms with van der Waals surface area (Å²) in [6, 6.07) is 11.5. The quantitative estimate of drug-likeness (QED) is 0.163. The van der Waals surface area contributed by atoms with Crippen LogP contribution < -0.4 is 4.74 Å². The number of thiazole rings is 1. The SMILES string of the molecule is COCOC1(c2ncc(-c3ccnc4c3ccn4S(=O)(=O)C3(C)C=C(Cl)C=CC3c3ccc(OC4CCN(C)CC4)cc3)s2)CCC1. The van der Waals surface area contributed by atoms with Gasteiger partial charge in [-0.1, -0.05) is 29.8 Å². The zero-order chi connectivity index (χ0) is 32.8. The fourth-order valence-corrected chi connectivity index (χ4v) is 10.2. The zero-order valence-corrected chi connectivity index (χ0v) is 29.2. The molecule has 1 saturated heterocycles. The number of piperidine rings is 1. The van der Waals surface area contributed by atoms with Gasteiger partial charge in [0, 0.05) is 60.7 Å². The van der Waals surface area contributed by atoms with Crippen LogP contribution in [0, 0.1) is 0 Å². The third-order valence-electron chi connectivity index (χ3n) is 9.84. The lowest BCUT2D eigenvalue weighted by Gasteiger charge is -2.39. The van der Waals surface area contributed by atoms with Crippen molar-refractivity contribution in [3.8, 4) is 16.2 Å². The maximum absolute atomic E-state index is 14.7. The third-order valence-corrected chi connectivity index (χ3v) is 13.6. The minimum absolute atomic E-state index is 0.179. The van der Waals surface area contributed by atoms with Gasteiger partial charge in [0.05, 0.1) is 4.88 Å². The Hall–Kier alpha value is -3.06. The van der Waals surface area contributed by atoms with Crippen LogP contribution in [0.25, 0.3) is 21.5 Å². The predicted octanol–water partition coefficient (Wildman–Crippen LogP) is 7.05. The van der Waals surface area contributed by atoms with Crippen LogP contribution in [0.5, 0.6) is 5.75 Å². The van der Waals surface area contributed by atoms with Crippen LogP contribution in [-0.2, 0) is 25.1 Å². The molecule has 9 nitrogen and oxygen atoms in total. The fourth-order valence-electron chi connectivity index (χ4n) is 6.85. The number of pyridine rings is 1. The Balaban J connectivity index is 1.19. The summed E-state index contributed by atoms with van der Waals surface area (Å²) < 4.78 is 46.8. The van der Waals surface area contributed by atoms with Crippen LogP contribution in [0.1, 0.15) is 55.5 Å². The van der Waals surface area contributed by atoms with E-state index in [1.54, 1.807) is 49.9 Å². The highest BCUT2D eigenvalue weighted by atomic mass is 35.5. The highest BCUT2D eigenvalue weighted by molar-refractivity contribution is 7.91. The van der Waals surface area contributed by atoms with Crippen molar-refractivity contribution < 1.29 is 22.6 Å². The van der Waals surface area contributed by atoms with E-state index in [0.717, 1.165) is 77.3 Å². The van der Waals surface area contributed by atoms with E-state index < -0.39 is 26.3 Å². The van der Waals surface area contributed by atoms with E-state index >= 15 is 0 Å². The molecule has 0 radical (unpaired) electrons. The molecule has 3 aromatic heterocycles. The summed E-state index contributed by atoms with van der Waals surface area (Å²) in [6.45, 7) is 3.96. The molecule has 0 spiro atoms. The largest absolute Gasteiger partial charge is 0.490 e. The van der Waals surface area contributed by atoms with Crippen molar-refractivity contribution in [2.75, 3.05) is 34.0 Å². The van der Waals surface area contributed by atoms with Gasteiger partial charge in [0.25, 0.3) is 0 Å². The van der Waals surface area contributed by atoms with Crippen LogP contribution >= 0.6 is 22.9 Å². The number of ether oxygens (including phenoxy) is 3. The summed E-state index contributed by atoms with van der Waals surface area (Å²) in [7, 11) is -0.333. The van der Waals surface area contributed by atoms with Gasteiger partial charge in [-0.2, -0.15) is 0 Å². The highest BCUT2D eigenvalue weighted by Gasteiger charge is 2.48. The van der Waals surface area contributed by atoms with Crippen molar-refractivity contribution in [2.45, 2.75) is 61.4 Å². The summed E-state index contributed by atoms with van der Waals surface area (Å²) >= 11 is 8.08. The predicted molar refractivity (Wildman–Crippen MR) is 185 cm³/mol. The van der Waals surface area contributed by atoms with Crippen LogP contribution in [0.2, 0.25) is 0 Å². The Labute approximate surface area is 284 Å². The van der Waals surface area contributed by atoms with Crippen LogP contribution in [0.15, 0.2) is 78.2 Å². The first-order valence-electron chi connectivity index (χ1n) is 16.0. The fraction of sp³-hybridized carbons (Fsp3) is 0.429. The van der Waals surface area contributed by atoms with E-state index in [-0.39, 0.29) is 12.9 Å². The number of rotatable bonds is 10. The molecule has 4 heterocycles. The minimum Gasteiger partial charge on any atom is -0.490 e. The summed E-state index contributed by atoms with van der Waals surface area (Å²) in [6.07, 6.45) is 15.4. The van der Waals surface area contributed by atoms with Gasteiger partial charge in [-0.15, -0.1) is 11.3 Å². The molecule has 248 valence electrons. The number of hydrogen-bond acceptors (Lipinski definition) is 9. The van der Waals surface area contributed by atoms with Gasteiger partial charge >= 0.3 is 0 Å². The molecule has 0 bridgehead atoms. The molecular formula is C35H39ClN4O5S2. The van der Waals surface area contributed by atoms with Crippen molar-refractivity contribution in [3.05, 3.63) is 88.8 Å². The number of aromatic nitrogens is 3. The summed E-state index contributed by atoms with van der Waals surface area (Å²) in [5.41, 5.74) is 1.65. The van der Waals surface area contributed by atoms with Gasteiger partial charge in [-0.25, -0.2) is 22.4 Å². The molecular weight excluding hydrogens is 656 g/mol. The van der Waals surface area contributed by atoms with Gasteiger partial charge in [-0.3, -0.25) is 0 Å². The molecule has 2 aliphatic carbocycles. The first kappa shape index (κ1) is 32.5. The highest BCUT2D eigenvalue weighted by Crippen LogP contribution is 2.48. The van der Waals surface area contributed by atoms with Crippen molar-refractivity contribution in [3.63, 3.8) is 0 Å². The molecule has 2 fully saturated rings. The topological polar surface area (TPSA) is 95.8 Å². The molecule has 2 unspecified atom stereocenters. The monoisotopic (exact) mass is 694 g/mol. The number of allylic oxidation sites excluding steroid dienone is 3. The molecule has 1 saturated carbocycles. The molecule has 1 aromatic carbocycles. The first-order valence-corrected chi connectivity index (χ1v) is 18.6. The van der Waals surface area contributed by atoms with E-state index in [9.17, 15) is 8.42 Å². The molecule has 2 atom stereocenters. The zero-order valence-electron chi connectivity index (χ0n) is 26.8. The Bertz CT molecular complexity index is 1920. The van der Waals surface area contributed by atoms with Gasteiger partial charge < -0.3 is 19.1 Å². The molecule has 3 aliphatic rings. The molecule has 0 N–H and O–H groups in total. The molecule has 1 aliphatic heterocycles. The molecule has 4 aromatic rings. The Morgan fingerprint density at radius 2 is 1.85 bits per heavy atom. The second kappa shape index (κ2) is 12.8. The average molecular weight is 695 g/mol. The number of benzene rings is 1. The maximum atomic E-state index is 14.7.